The van der Waals surface area contributed by atoms with Crippen LogP contribution in [0, 0.1) is 0 Å². The zero-order chi connectivity index (χ0) is 21.9. The molecule has 0 aliphatic carbocycles. The first-order valence-corrected chi connectivity index (χ1v) is 11.4. The Balaban J connectivity index is 1.80. The zero-order valence-corrected chi connectivity index (χ0v) is 18.1. The molecular formula is C20H22ClN3O5S. The van der Waals surface area contributed by atoms with E-state index in [1.165, 1.54) is 12.2 Å². The number of sulfonamides is 1. The van der Waals surface area contributed by atoms with E-state index in [-0.39, 0.29) is 30.7 Å². The molecule has 2 heterocycles. The van der Waals surface area contributed by atoms with E-state index in [9.17, 15) is 18.0 Å². The molecule has 2 aliphatic heterocycles. The number of esters is 1. The molecule has 0 fully saturated rings. The molecule has 0 saturated carbocycles. The van der Waals surface area contributed by atoms with Crippen molar-refractivity contribution in [1.29, 1.82) is 0 Å². The van der Waals surface area contributed by atoms with Gasteiger partial charge in [-0.05, 0) is 37.6 Å². The van der Waals surface area contributed by atoms with Gasteiger partial charge in [0.2, 0.25) is 0 Å². The molecule has 0 radical (unpaired) electrons. The summed E-state index contributed by atoms with van der Waals surface area (Å²) in [5.41, 5.74) is 0.905. The lowest BCUT2D eigenvalue weighted by Gasteiger charge is -2.27. The molecule has 2 aliphatic rings. The van der Waals surface area contributed by atoms with Crippen molar-refractivity contribution < 1.29 is 22.7 Å². The van der Waals surface area contributed by atoms with Crippen LogP contribution in [0.5, 0.6) is 0 Å². The molecule has 0 unspecified atom stereocenters. The molecule has 0 bridgehead atoms. The van der Waals surface area contributed by atoms with Crippen molar-refractivity contribution in [2.24, 2.45) is 4.40 Å². The largest absolute Gasteiger partial charge is 0.463 e. The van der Waals surface area contributed by atoms with Crippen LogP contribution in [0.2, 0.25) is 5.02 Å². The average molecular weight is 452 g/mol. The van der Waals surface area contributed by atoms with E-state index in [4.69, 9.17) is 16.3 Å². The third-order valence-electron chi connectivity index (χ3n) is 4.41. The number of nitrogens with zero attached hydrogens (tertiary/aromatic N) is 2. The number of benzene rings is 1. The summed E-state index contributed by atoms with van der Waals surface area (Å²) < 4.78 is 32.2. The standard InChI is InChI=1S/C20H22ClN3O5S/c1-13(2)29-19(25)11-17(15-5-3-4-6-16(15)21)22-20(26)14-7-8-18-23-30(27,28)10-9-24(18)12-14/h3-8,12-13,17H,9-11H2,1-2H3,(H,22,26)/t17-/m1/s1. The highest BCUT2D eigenvalue weighted by molar-refractivity contribution is 7.90. The van der Waals surface area contributed by atoms with Crippen LogP contribution in [-0.2, 0) is 24.3 Å². The van der Waals surface area contributed by atoms with Gasteiger partial charge in [0, 0.05) is 17.8 Å². The zero-order valence-electron chi connectivity index (χ0n) is 16.5. The van der Waals surface area contributed by atoms with Crippen molar-refractivity contribution in [2.45, 2.75) is 32.4 Å². The highest BCUT2D eigenvalue weighted by Crippen LogP contribution is 2.26. The second kappa shape index (κ2) is 9.01. The first-order valence-electron chi connectivity index (χ1n) is 9.38. The van der Waals surface area contributed by atoms with Gasteiger partial charge < -0.3 is 15.0 Å². The summed E-state index contributed by atoms with van der Waals surface area (Å²) in [4.78, 5) is 26.7. The lowest BCUT2D eigenvalue weighted by molar-refractivity contribution is -0.148. The monoisotopic (exact) mass is 451 g/mol. The molecular weight excluding hydrogens is 430 g/mol. The van der Waals surface area contributed by atoms with Gasteiger partial charge in [-0.2, -0.15) is 0 Å². The molecule has 0 spiro atoms. The van der Waals surface area contributed by atoms with Gasteiger partial charge in [0.05, 0.1) is 29.9 Å². The van der Waals surface area contributed by atoms with Crippen molar-refractivity contribution in [3.8, 4) is 0 Å². The lowest BCUT2D eigenvalue weighted by atomic mass is 10.0. The van der Waals surface area contributed by atoms with E-state index in [1.807, 2.05) is 0 Å². The first kappa shape index (κ1) is 22.0. The van der Waals surface area contributed by atoms with Crippen LogP contribution in [0.3, 0.4) is 0 Å². The normalized spacial score (nSPS) is 18.2. The van der Waals surface area contributed by atoms with Gasteiger partial charge in [-0.15, -0.1) is 4.40 Å². The van der Waals surface area contributed by atoms with Crippen molar-refractivity contribution in [3.63, 3.8) is 0 Å². The summed E-state index contributed by atoms with van der Waals surface area (Å²) in [6, 6.07) is 6.25. The number of amidine groups is 1. The molecule has 3 rings (SSSR count). The van der Waals surface area contributed by atoms with E-state index >= 15 is 0 Å². The fourth-order valence-corrected chi connectivity index (χ4v) is 4.29. The molecule has 0 saturated heterocycles. The Labute approximate surface area is 180 Å². The predicted molar refractivity (Wildman–Crippen MR) is 113 cm³/mol. The number of rotatable bonds is 6. The Bertz CT molecular complexity index is 1050. The third-order valence-corrected chi connectivity index (χ3v) is 5.92. The van der Waals surface area contributed by atoms with E-state index in [0.29, 0.717) is 16.2 Å². The van der Waals surface area contributed by atoms with Gasteiger partial charge in [-0.3, -0.25) is 9.59 Å². The average Bonchev–Trinajstić information content (AvgIpc) is 2.66. The summed E-state index contributed by atoms with van der Waals surface area (Å²) >= 11 is 6.28. The maximum atomic E-state index is 12.9. The summed E-state index contributed by atoms with van der Waals surface area (Å²) in [6.45, 7) is 3.70. The number of carbonyl (C=O) groups is 2. The lowest BCUT2D eigenvalue weighted by Crippen LogP contribution is -2.38. The van der Waals surface area contributed by atoms with E-state index < -0.39 is 27.9 Å². The first-order chi connectivity index (χ1) is 14.1. The second-order valence-corrected chi connectivity index (χ2v) is 9.30. The van der Waals surface area contributed by atoms with Crippen LogP contribution in [0.25, 0.3) is 0 Å². The fourth-order valence-electron chi connectivity index (χ4n) is 3.05. The van der Waals surface area contributed by atoms with Crippen molar-refractivity contribution in [3.05, 3.63) is 58.8 Å². The molecule has 1 atom stereocenters. The van der Waals surface area contributed by atoms with Crippen LogP contribution in [0.4, 0.5) is 0 Å². The molecule has 10 heteroatoms. The highest BCUT2D eigenvalue weighted by Gasteiger charge is 2.27. The van der Waals surface area contributed by atoms with Gasteiger partial charge in [-0.25, -0.2) is 8.42 Å². The Morgan fingerprint density at radius 1 is 1.27 bits per heavy atom. The quantitative estimate of drug-likeness (QED) is 0.665. The Morgan fingerprint density at radius 2 is 2.00 bits per heavy atom. The minimum Gasteiger partial charge on any atom is -0.463 e. The van der Waals surface area contributed by atoms with Gasteiger partial charge >= 0.3 is 5.97 Å². The number of halogens is 1. The van der Waals surface area contributed by atoms with E-state index in [1.54, 1.807) is 49.2 Å². The van der Waals surface area contributed by atoms with E-state index in [0.717, 1.165) is 0 Å². The second-order valence-electron chi connectivity index (χ2n) is 7.14. The van der Waals surface area contributed by atoms with Crippen molar-refractivity contribution in [1.82, 2.24) is 10.2 Å². The van der Waals surface area contributed by atoms with Crippen LogP contribution in [-0.4, -0.2) is 49.4 Å². The van der Waals surface area contributed by atoms with Gasteiger partial charge in [0.25, 0.3) is 15.9 Å². The summed E-state index contributed by atoms with van der Waals surface area (Å²) in [5.74, 6) is -0.750. The molecule has 1 aromatic rings. The van der Waals surface area contributed by atoms with Crippen LogP contribution < -0.4 is 5.32 Å². The molecule has 1 N–H and O–H groups in total. The maximum absolute atomic E-state index is 12.9. The van der Waals surface area contributed by atoms with Crippen LogP contribution in [0.15, 0.2) is 52.6 Å². The van der Waals surface area contributed by atoms with Gasteiger partial charge in [0.15, 0.2) is 0 Å². The Morgan fingerprint density at radius 3 is 2.70 bits per heavy atom. The molecule has 8 nitrogen and oxygen atoms in total. The Hall–Kier alpha value is -2.65. The minimum absolute atomic E-state index is 0.0840. The number of ether oxygens (including phenoxy) is 1. The van der Waals surface area contributed by atoms with E-state index in [2.05, 4.69) is 9.71 Å². The summed E-state index contributed by atoms with van der Waals surface area (Å²) in [7, 11) is -3.48. The fraction of sp³-hybridized carbons (Fsp3) is 0.350. The van der Waals surface area contributed by atoms with Gasteiger partial charge in [-0.1, -0.05) is 29.8 Å². The molecule has 1 aromatic carbocycles. The number of amides is 1. The molecule has 160 valence electrons. The SMILES string of the molecule is CC(C)OC(=O)C[C@@H](NC(=O)C1=CN2CCS(=O)(=O)N=C2C=C1)c1ccccc1Cl. The third kappa shape index (κ3) is 5.48. The smallest absolute Gasteiger partial charge is 0.308 e. The predicted octanol–water partition coefficient (Wildman–Crippen LogP) is 2.34. The molecule has 0 aromatic heterocycles. The van der Waals surface area contributed by atoms with Gasteiger partial charge in [0.1, 0.15) is 5.84 Å². The molecule has 1 amide bonds. The number of hydrogen-bond donors (Lipinski definition) is 1. The number of carbonyl (C=O) groups excluding carboxylic acids is 2. The van der Waals surface area contributed by atoms with Crippen molar-refractivity contribution >= 4 is 39.3 Å². The minimum atomic E-state index is -3.48. The van der Waals surface area contributed by atoms with Crippen LogP contribution in [0.1, 0.15) is 31.9 Å². The van der Waals surface area contributed by atoms with Crippen molar-refractivity contribution in [2.75, 3.05) is 12.3 Å². The number of fused-ring (bicyclic) bond motifs is 1. The number of nitrogens with one attached hydrogen (secondary N) is 1. The number of hydrogen-bond acceptors (Lipinski definition) is 6. The summed E-state index contributed by atoms with van der Waals surface area (Å²) in [5, 5.41) is 3.25. The highest BCUT2D eigenvalue weighted by atomic mass is 35.5. The Kier molecular flexibility index (Phi) is 6.62. The maximum Gasteiger partial charge on any atom is 0.308 e. The van der Waals surface area contributed by atoms with Crippen LogP contribution >= 0.6 is 11.6 Å². The molecule has 30 heavy (non-hydrogen) atoms. The topological polar surface area (TPSA) is 105 Å². The summed E-state index contributed by atoms with van der Waals surface area (Å²) in [6.07, 6.45) is 4.14.